The van der Waals surface area contributed by atoms with Crippen molar-refractivity contribution in [3.63, 3.8) is 0 Å². The van der Waals surface area contributed by atoms with Gasteiger partial charge in [-0.2, -0.15) is 10.5 Å². The molecule has 2 aliphatic heterocycles. The lowest BCUT2D eigenvalue weighted by molar-refractivity contribution is -0.257. The minimum atomic E-state index is -1.42. The number of aliphatic hydroxyl groups excluding tert-OH is 2. The lowest BCUT2D eigenvalue weighted by atomic mass is 9.41. The van der Waals surface area contributed by atoms with Crippen LogP contribution >= 0.6 is 0 Å². The van der Waals surface area contributed by atoms with Crippen LogP contribution in [0.2, 0.25) is 0 Å². The van der Waals surface area contributed by atoms with Crippen LogP contribution in [-0.4, -0.2) is 84.5 Å². The normalized spacial score (nSPS) is 33.1. The molecule has 472 valence electrons. The molecule has 6 aliphatic rings. The molecule has 4 saturated carbocycles. The molecule has 21 heteroatoms. The summed E-state index contributed by atoms with van der Waals surface area (Å²) in [6.45, 7) is 15.6. The number of rotatable bonds is 9. The van der Waals surface area contributed by atoms with Gasteiger partial charge in [-0.3, -0.25) is 24.4 Å². The Hall–Kier alpha value is -9.31. The number of nitriles is 2. The average Bonchev–Trinajstić information content (AvgIpc) is 0.692. The van der Waals surface area contributed by atoms with Crippen molar-refractivity contribution in [1.82, 2.24) is 9.97 Å². The van der Waals surface area contributed by atoms with E-state index in [-0.39, 0.29) is 69.8 Å². The Balaban J connectivity index is 0.000000187. The second-order valence-electron chi connectivity index (χ2n) is 26.5. The molecule has 12 rings (SSSR count). The molecule has 0 bridgehead atoms. The molecule has 3 N–H and O–H groups in total. The number of aromatic nitrogens is 2. The van der Waals surface area contributed by atoms with E-state index in [0.717, 1.165) is 0 Å². The van der Waals surface area contributed by atoms with Crippen molar-refractivity contribution in [2.24, 2.45) is 51.2 Å². The maximum absolute atomic E-state index is 13.7. The first kappa shape index (κ1) is 63.3. The number of carbonyl (C=O) groups is 5. The number of esters is 3. The number of ketones is 1. The van der Waals surface area contributed by atoms with Gasteiger partial charge in [-0.1, -0.05) is 20.8 Å². The lowest BCUT2D eigenvalue weighted by Crippen LogP contribution is -2.71. The van der Waals surface area contributed by atoms with E-state index in [2.05, 4.69) is 9.97 Å². The van der Waals surface area contributed by atoms with Crippen molar-refractivity contribution >= 4 is 29.7 Å². The highest BCUT2D eigenvalue weighted by atomic mass is 16.6. The third kappa shape index (κ3) is 10.3. The molecule has 6 heterocycles. The number of carbonyl (C=O) groups excluding carboxylic acids is 4. The van der Waals surface area contributed by atoms with Crippen LogP contribution < -0.4 is 20.7 Å². The largest absolute Gasteiger partial charge is 0.482 e. The van der Waals surface area contributed by atoms with Gasteiger partial charge in [0.05, 0.1) is 57.4 Å². The minimum Gasteiger partial charge on any atom is -0.482 e. The third-order valence-electron chi connectivity index (χ3n) is 21.8. The standard InChI is InChI=1S/C36H36N2O9.C34H34N2O8/c1-19(39)35(4)26-16-28(46-32(42)22-10-8-21(17-37)9-11-22)36(5)31(34(26,3)13-12-27(35)44-20(2)40)30(41)29-25(47-36)15-24(45-33(29)43)23-7-6-14-38-18-23;1-18-11-12-32(2)24(33(18,3)31(40)41)15-25(43-29(38)20-9-7-19(16-35)8-10-20)34(4)28(32)27(37)26-23(44-34)14-22(42-30(26)39)21-6-5-13-36-17-21/h6-11,14-15,18,26-28,30-31,41H,12-13,16H2,1-5H3;5-10,13-14,17-18,24-25,27-28,37H,11-12,15H2,1-4H3,(H,40,41)/t26?,27-,28-,30-,31?,34-,35-,36+;18-,24?,25-,27-,28?,32-,33+,34+/m00/s1. The molecule has 0 radical (unpaired) electrons. The van der Waals surface area contributed by atoms with Crippen LogP contribution in [0.1, 0.15) is 156 Å². The first-order chi connectivity index (χ1) is 43.1. The Kier molecular flexibility index (Phi) is 16.1. The van der Waals surface area contributed by atoms with E-state index in [1.165, 1.54) is 80.7 Å². The van der Waals surface area contributed by atoms with Crippen molar-refractivity contribution in [2.45, 2.75) is 143 Å². The third-order valence-corrected chi connectivity index (χ3v) is 21.8. The molecule has 6 aromatic rings. The Labute approximate surface area is 523 Å². The van der Waals surface area contributed by atoms with Gasteiger partial charge in [0.2, 0.25) is 0 Å². The molecule has 4 aliphatic carbocycles. The molecule has 4 aromatic heterocycles. The number of aliphatic carboxylic acids is 1. The first-order valence-corrected chi connectivity index (χ1v) is 30.3. The molecule has 0 saturated heterocycles. The Bertz CT molecular complexity index is 4110. The number of carboxylic acid groups (broad SMARTS) is 1. The smallest absolute Gasteiger partial charge is 0.345 e. The molecular weight excluding hydrogens is 1170 g/mol. The van der Waals surface area contributed by atoms with Crippen molar-refractivity contribution < 1.29 is 71.8 Å². The summed E-state index contributed by atoms with van der Waals surface area (Å²) in [5.41, 5.74) is -6.24. The van der Waals surface area contributed by atoms with Gasteiger partial charge in [0.25, 0.3) is 0 Å². The van der Waals surface area contributed by atoms with E-state index in [4.69, 9.17) is 32.5 Å². The zero-order chi connectivity index (χ0) is 65.5. The van der Waals surface area contributed by atoms with Gasteiger partial charge in [0.15, 0.2) is 0 Å². The second kappa shape index (κ2) is 23.2. The summed E-state index contributed by atoms with van der Waals surface area (Å²) >= 11 is 0. The number of carboxylic acids is 1. The predicted molar refractivity (Wildman–Crippen MR) is 322 cm³/mol. The second-order valence-corrected chi connectivity index (χ2v) is 26.5. The van der Waals surface area contributed by atoms with Gasteiger partial charge in [-0.05, 0) is 175 Å². The van der Waals surface area contributed by atoms with E-state index in [1.54, 1.807) is 70.6 Å². The van der Waals surface area contributed by atoms with Crippen LogP contribution in [0.3, 0.4) is 0 Å². The van der Waals surface area contributed by atoms with Gasteiger partial charge in [0, 0.05) is 66.8 Å². The number of aliphatic hydroxyl groups is 2. The highest BCUT2D eigenvalue weighted by Gasteiger charge is 2.73. The summed E-state index contributed by atoms with van der Waals surface area (Å²) in [4.78, 5) is 101. The summed E-state index contributed by atoms with van der Waals surface area (Å²) in [5, 5.41) is 53.3. The highest BCUT2D eigenvalue weighted by Crippen LogP contribution is 2.70. The van der Waals surface area contributed by atoms with E-state index >= 15 is 0 Å². The predicted octanol–water partition coefficient (Wildman–Crippen LogP) is 10.1. The van der Waals surface area contributed by atoms with Crippen molar-refractivity contribution in [3.8, 4) is 46.3 Å². The highest BCUT2D eigenvalue weighted by molar-refractivity contribution is 5.90. The van der Waals surface area contributed by atoms with Crippen molar-refractivity contribution in [1.29, 1.82) is 10.5 Å². The van der Waals surface area contributed by atoms with Crippen LogP contribution in [0, 0.1) is 73.9 Å². The van der Waals surface area contributed by atoms with Gasteiger partial charge < -0.3 is 47.8 Å². The topological polar surface area (TPSA) is 326 Å². The van der Waals surface area contributed by atoms with Gasteiger partial charge in [-0.25, -0.2) is 19.2 Å². The van der Waals surface area contributed by atoms with E-state index in [0.29, 0.717) is 47.9 Å². The molecule has 21 nitrogen and oxygen atoms in total. The SMILES string of the molecule is CC(=O)O[C@H]1CC[C@]2(C)C3[C@@H](O)c4c(cc(-c5cccnc5)oc4=O)O[C@]3(C)[C@@H](OC(=O)c3ccc(C#N)cc3)CC2[C@]1(C)C(C)=O.C[C@H]1CC[C@]2(C)C3[C@@H](O)c4c(cc(-c5cccnc5)oc4=O)O[C@]3(C)[C@@H](OC(=O)c3ccc(C#N)cc3)CC2[C@]1(C)C(=O)O. The van der Waals surface area contributed by atoms with E-state index in [9.17, 15) is 59.4 Å². The van der Waals surface area contributed by atoms with Gasteiger partial charge in [-0.15, -0.1) is 0 Å². The first-order valence-electron chi connectivity index (χ1n) is 30.3. The number of nitrogens with zero attached hydrogens (tertiary/aromatic N) is 4. The van der Waals surface area contributed by atoms with Crippen LogP contribution in [0.5, 0.6) is 11.5 Å². The maximum Gasteiger partial charge on any atom is 0.345 e. The number of hydrogen-bond acceptors (Lipinski definition) is 20. The molecule has 4 unspecified atom stereocenters. The molecule has 4 fully saturated rings. The van der Waals surface area contributed by atoms with Gasteiger partial charge >= 0.3 is 35.1 Å². The van der Waals surface area contributed by atoms with E-state index < -0.39 is 122 Å². The van der Waals surface area contributed by atoms with Crippen LogP contribution in [0.15, 0.2) is 128 Å². The summed E-state index contributed by atoms with van der Waals surface area (Å²) in [5.74, 6) is -5.44. The average molecular weight is 1240 g/mol. The zero-order valence-electron chi connectivity index (χ0n) is 51.8. The fraction of sp³-hybridized carbons (Fsp3) is 0.443. The Morgan fingerprint density at radius 2 is 1.01 bits per heavy atom. The fourth-order valence-corrected chi connectivity index (χ4v) is 16.9. The lowest BCUT2D eigenvalue weighted by Gasteiger charge is -2.66. The molecule has 0 spiro atoms. The number of pyridine rings is 2. The van der Waals surface area contributed by atoms with Crippen molar-refractivity contribution in [2.75, 3.05) is 0 Å². The Morgan fingerprint density at radius 1 is 0.593 bits per heavy atom. The van der Waals surface area contributed by atoms with Crippen LogP contribution in [0.4, 0.5) is 0 Å². The quantitative estimate of drug-likeness (QED) is 0.0894. The molecule has 16 atom stereocenters. The zero-order valence-corrected chi connectivity index (χ0v) is 51.8. The number of ether oxygens (including phenoxy) is 5. The Morgan fingerprint density at radius 3 is 1.38 bits per heavy atom. The maximum atomic E-state index is 13.7. The molecule has 0 amide bonds. The summed E-state index contributed by atoms with van der Waals surface area (Å²) in [6.07, 6.45) is 2.89. The monoisotopic (exact) mass is 1240 g/mol. The summed E-state index contributed by atoms with van der Waals surface area (Å²) in [7, 11) is 0. The minimum absolute atomic E-state index is 0.0465. The number of fused-ring (bicyclic) bond motifs is 8. The number of Topliss-reactive ketones (excluding diaryl/α,β-unsaturated/α-hetero) is 1. The number of hydrogen-bond donors (Lipinski definition) is 3. The summed E-state index contributed by atoms with van der Waals surface area (Å²) in [6, 6.07) is 26.0. The fourth-order valence-electron chi connectivity index (χ4n) is 16.9. The van der Waals surface area contributed by atoms with Gasteiger partial charge in [0.1, 0.15) is 69.4 Å². The van der Waals surface area contributed by atoms with Crippen molar-refractivity contribution in [3.05, 3.63) is 164 Å². The van der Waals surface area contributed by atoms with E-state index in [1.807, 2.05) is 32.9 Å². The van der Waals surface area contributed by atoms with Crippen LogP contribution in [0.25, 0.3) is 22.6 Å². The molecule has 91 heavy (non-hydrogen) atoms. The van der Waals surface area contributed by atoms with Crippen LogP contribution in [-0.2, 0) is 28.6 Å². The molecule has 2 aromatic carbocycles. The summed E-state index contributed by atoms with van der Waals surface area (Å²) < 4.78 is 42.8. The molecular formula is C70H70N4O17. The number of benzene rings is 2.